The zero-order valence-corrected chi connectivity index (χ0v) is 11.4. The maximum Gasteiger partial charge on any atom is 0.141 e. The lowest BCUT2D eigenvalue weighted by Gasteiger charge is -2.04. The molecule has 0 fully saturated rings. The first-order chi connectivity index (χ1) is 10.1. The summed E-state index contributed by atoms with van der Waals surface area (Å²) in [6, 6.07) is 13.5. The molecule has 3 rings (SSSR count). The quantitative estimate of drug-likeness (QED) is 0.684. The van der Waals surface area contributed by atoms with Crippen LogP contribution in [-0.4, -0.2) is 15.2 Å². The molecule has 21 heavy (non-hydrogen) atoms. The minimum atomic E-state index is 0.116. The third-order valence-electron chi connectivity index (χ3n) is 3.06. The molecule has 2 N–H and O–H groups in total. The number of hydrogen-bond acceptors (Lipinski definition) is 5. The zero-order chi connectivity index (χ0) is 14.8. The number of aromatic hydroxyl groups is 2. The van der Waals surface area contributed by atoms with E-state index in [1.807, 2.05) is 19.1 Å². The van der Waals surface area contributed by atoms with Crippen LogP contribution in [0.3, 0.4) is 0 Å². The van der Waals surface area contributed by atoms with E-state index in [2.05, 4.69) is 15.2 Å². The first-order valence-electron chi connectivity index (χ1n) is 6.43. The van der Waals surface area contributed by atoms with Gasteiger partial charge in [-0.2, -0.15) is 5.11 Å². The average molecular weight is 279 g/mol. The van der Waals surface area contributed by atoms with Crippen molar-refractivity contribution in [3.8, 4) is 11.5 Å². The molecule has 3 aromatic rings. The molecule has 0 saturated heterocycles. The molecule has 0 saturated carbocycles. The predicted octanol–water partition coefficient (Wildman–Crippen LogP) is 4.37. The molecular formula is C16H13N3O2. The van der Waals surface area contributed by atoms with E-state index >= 15 is 0 Å². The van der Waals surface area contributed by atoms with Gasteiger partial charge in [-0.25, -0.2) is 4.98 Å². The summed E-state index contributed by atoms with van der Waals surface area (Å²) in [6.45, 7) is 1.86. The van der Waals surface area contributed by atoms with Gasteiger partial charge in [0.25, 0.3) is 0 Å². The van der Waals surface area contributed by atoms with Gasteiger partial charge < -0.3 is 10.2 Å². The summed E-state index contributed by atoms with van der Waals surface area (Å²) in [5, 5.41) is 28.3. The van der Waals surface area contributed by atoms with Gasteiger partial charge in [-0.05, 0) is 43.3 Å². The Balaban J connectivity index is 2.07. The van der Waals surface area contributed by atoms with Crippen molar-refractivity contribution in [2.45, 2.75) is 6.92 Å². The highest BCUT2D eigenvalue weighted by atomic mass is 16.3. The molecule has 2 aromatic carbocycles. The number of pyridine rings is 1. The number of azo groups is 1. The Hall–Kier alpha value is -2.95. The summed E-state index contributed by atoms with van der Waals surface area (Å²) >= 11 is 0. The molecule has 0 radical (unpaired) electrons. The maximum absolute atomic E-state index is 9.87. The van der Waals surface area contributed by atoms with Gasteiger partial charge in [0.1, 0.15) is 17.0 Å². The number of rotatable bonds is 2. The average Bonchev–Trinajstić information content (AvgIpc) is 2.47. The first-order valence-corrected chi connectivity index (χ1v) is 6.43. The fourth-order valence-corrected chi connectivity index (χ4v) is 2.04. The van der Waals surface area contributed by atoms with E-state index in [4.69, 9.17) is 0 Å². The van der Waals surface area contributed by atoms with Crippen LogP contribution in [0.5, 0.6) is 11.5 Å². The van der Waals surface area contributed by atoms with Crippen LogP contribution < -0.4 is 0 Å². The van der Waals surface area contributed by atoms with Gasteiger partial charge >= 0.3 is 0 Å². The summed E-state index contributed by atoms with van der Waals surface area (Å²) in [7, 11) is 0. The normalized spacial score (nSPS) is 11.3. The van der Waals surface area contributed by atoms with Crippen molar-refractivity contribution in [1.29, 1.82) is 0 Å². The highest BCUT2D eigenvalue weighted by Gasteiger charge is 2.06. The lowest BCUT2D eigenvalue weighted by Crippen LogP contribution is -1.84. The van der Waals surface area contributed by atoms with Crippen molar-refractivity contribution in [2.24, 2.45) is 10.2 Å². The minimum Gasteiger partial charge on any atom is -0.508 e. The van der Waals surface area contributed by atoms with Gasteiger partial charge in [0, 0.05) is 17.1 Å². The van der Waals surface area contributed by atoms with Crippen LogP contribution in [0.15, 0.2) is 58.8 Å². The van der Waals surface area contributed by atoms with Crippen molar-refractivity contribution >= 4 is 22.3 Å². The van der Waals surface area contributed by atoms with E-state index in [1.54, 1.807) is 30.3 Å². The number of phenolic OH excluding ortho intramolecular Hbond substituents is 2. The number of hydrogen-bond donors (Lipinski definition) is 2. The second-order valence-corrected chi connectivity index (χ2v) is 4.67. The fraction of sp³-hybridized carbons (Fsp3) is 0.0625. The topological polar surface area (TPSA) is 78.1 Å². The molecule has 104 valence electrons. The molecule has 5 nitrogen and oxygen atoms in total. The third-order valence-corrected chi connectivity index (χ3v) is 3.06. The Bertz CT molecular complexity index is 844. The second-order valence-electron chi connectivity index (χ2n) is 4.67. The molecule has 5 heteroatoms. The van der Waals surface area contributed by atoms with Crippen LogP contribution >= 0.6 is 0 Å². The van der Waals surface area contributed by atoms with Crippen molar-refractivity contribution in [1.82, 2.24) is 4.98 Å². The summed E-state index contributed by atoms with van der Waals surface area (Å²) in [6.07, 6.45) is 0. The fourth-order valence-electron chi connectivity index (χ4n) is 2.04. The van der Waals surface area contributed by atoms with Crippen LogP contribution in [0.2, 0.25) is 0 Å². The number of aryl methyl sites for hydroxylation is 1. The van der Waals surface area contributed by atoms with E-state index in [0.29, 0.717) is 16.9 Å². The largest absolute Gasteiger partial charge is 0.508 e. The third kappa shape index (κ3) is 2.67. The molecule has 0 aliphatic rings. The highest BCUT2D eigenvalue weighted by Crippen LogP contribution is 2.32. The first kappa shape index (κ1) is 13.1. The molecule has 0 unspecified atom stereocenters. The SMILES string of the molecule is Cc1ccc2c(N=Nc3cccc(O)c3)ccc(O)c2n1. The minimum absolute atomic E-state index is 0.116. The second kappa shape index (κ2) is 5.20. The highest BCUT2D eigenvalue weighted by molar-refractivity contribution is 5.93. The Morgan fingerprint density at radius 1 is 0.952 bits per heavy atom. The number of fused-ring (bicyclic) bond motifs is 1. The molecule has 1 aromatic heterocycles. The standard InChI is InChI=1S/C16H13N3O2/c1-10-5-6-13-14(7-8-15(21)16(13)17-10)19-18-11-3-2-4-12(20)9-11/h2-9,20-21H,1H3. The Morgan fingerprint density at radius 3 is 2.62 bits per heavy atom. The molecule has 0 atom stereocenters. The van der Waals surface area contributed by atoms with E-state index < -0.39 is 0 Å². The zero-order valence-electron chi connectivity index (χ0n) is 11.4. The van der Waals surface area contributed by atoms with E-state index in [-0.39, 0.29) is 11.5 Å². The Morgan fingerprint density at radius 2 is 1.81 bits per heavy atom. The van der Waals surface area contributed by atoms with Gasteiger partial charge in [-0.3, -0.25) is 0 Å². The molecule has 0 spiro atoms. The summed E-state index contributed by atoms with van der Waals surface area (Å²) in [5.74, 6) is 0.254. The van der Waals surface area contributed by atoms with Gasteiger partial charge in [0.2, 0.25) is 0 Å². The van der Waals surface area contributed by atoms with Crippen LogP contribution in [0, 0.1) is 6.92 Å². The molecule has 0 bridgehead atoms. The molecule has 0 amide bonds. The van der Waals surface area contributed by atoms with Crippen molar-refractivity contribution < 1.29 is 10.2 Å². The summed E-state index contributed by atoms with van der Waals surface area (Å²) in [5.41, 5.74) is 2.48. The van der Waals surface area contributed by atoms with Crippen molar-refractivity contribution in [2.75, 3.05) is 0 Å². The predicted molar refractivity (Wildman–Crippen MR) is 80.4 cm³/mol. The number of benzene rings is 2. The van der Waals surface area contributed by atoms with Gasteiger partial charge in [0.15, 0.2) is 0 Å². The number of aromatic nitrogens is 1. The molecule has 0 aliphatic heterocycles. The maximum atomic E-state index is 9.87. The molecule has 0 aliphatic carbocycles. The lowest BCUT2D eigenvalue weighted by molar-refractivity contribution is 0.475. The van der Waals surface area contributed by atoms with E-state index in [1.165, 1.54) is 6.07 Å². The number of nitrogens with zero attached hydrogens (tertiary/aromatic N) is 3. The van der Waals surface area contributed by atoms with Gasteiger partial charge in [-0.15, -0.1) is 5.11 Å². The van der Waals surface area contributed by atoms with E-state index in [9.17, 15) is 10.2 Å². The Kier molecular flexibility index (Phi) is 3.23. The van der Waals surface area contributed by atoms with Gasteiger partial charge in [-0.1, -0.05) is 6.07 Å². The number of phenols is 2. The van der Waals surface area contributed by atoms with Crippen LogP contribution in [0.1, 0.15) is 5.69 Å². The Labute approximate surface area is 121 Å². The van der Waals surface area contributed by atoms with Crippen molar-refractivity contribution in [3.63, 3.8) is 0 Å². The summed E-state index contributed by atoms with van der Waals surface area (Å²) in [4.78, 5) is 4.31. The van der Waals surface area contributed by atoms with Crippen LogP contribution in [0.4, 0.5) is 11.4 Å². The van der Waals surface area contributed by atoms with E-state index in [0.717, 1.165) is 11.1 Å². The van der Waals surface area contributed by atoms with Crippen LogP contribution in [0.25, 0.3) is 10.9 Å². The smallest absolute Gasteiger partial charge is 0.141 e. The lowest BCUT2D eigenvalue weighted by atomic mass is 10.1. The molecule has 1 heterocycles. The van der Waals surface area contributed by atoms with Crippen LogP contribution in [-0.2, 0) is 0 Å². The monoisotopic (exact) mass is 279 g/mol. The van der Waals surface area contributed by atoms with Gasteiger partial charge in [0.05, 0.1) is 11.4 Å². The van der Waals surface area contributed by atoms with Crippen molar-refractivity contribution in [3.05, 3.63) is 54.2 Å². The summed E-state index contributed by atoms with van der Waals surface area (Å²) < 4.78 is 0. The molecular weight excluding hydrogens is 266 g/mol.